The predicted octanol–water partition coefficient (Wildman–Crippen LogP) is 2.97. The van der Waals surface area contributed by atoms with E-state index in [2.05, 4.69) is 35.5 Å². The van der Waals surface area contributed by atoms with E-state index in [1.165, 1.54) is 11.3 Å². The molecule has 2 aromatic rings. The Morgan fingerprint density at radius 1 is 1.32 bits per heavy atom. The van der Waals surface area contributed by atoms with Crippen LogP contribution in [-0.4, -0.2) is 16.9 Å². The topological polar surface area (TPSA) is 39.1 Å². The van der Waals surface area contributed by atoms with Gasteiger partial charge in [0.2, 0.25) is 0 Å². The van der Waals surface area contributed by atoms with E-state index in [4.69, 9.17) is 4.74 Å². The molecule has 0 saturated carbocycles. The molecule has 102 valence electrons. The zero-order valence-corrected chi connectivity index (χ0v) is 11.8. The molecule has 0 bridgehead atoms. The van der Waals surface area contributed by atoms with Crippen molar-refractivity contribution in [1.29, 1.82) is 0 Å². The van der Waals surface area contributed by atoms with Crippen molar-refractivity contribution in [3.63, 3.8) is 0 Å². The van der Waals surface area contributed by atoms with Gasteiger partial charge >= 0.3 is 0 Å². The first-order valence-electron chi connectivity index (χ1n) is 6.58. The van der Waals surface area contributed by atoms with E-state index in [1.54, 1.807) is 7.11 Å². The average molecular weight is 259 g/mol. The molecule has 0 aliphatic carbocycles. The van der Waals surface area contributed by atoms with Gasteiger partial charge in [-0.25, -0.2) is 0 Å². The molecule has 1 N–H and O–H groups in total. The van der Waals surface area contributed by atoms with Gasteiger partial charge < -0.3 is 10.1 Å². The molecule has 1 aromatic carbocycles. The van der Waals surface area contributed by atoms with Gasteiger partial charge in [-0.3, -0.25) is 4.68 Å². The standard InChI is InChI=1S/C15H21N3O/c1-4-18-14(9-12(2)17-18)10-16-15-8-6-5-7-13(15)11-19-3/h5-9,16H,4,10-11H2,1-3H3. The number of hydrogen-bond acceptors (Lipinski definition) is 3. The third-order valence-electron chi connectivity index (χ3n) is 3.06. The third kappa shape index (κ3) is 3.35. The van der Waals surface area contributed by atoms with Crippen LogP contribution in [0.3, 0.4) is 0 Å². The van der Waals surface area contributed by atoms with Gasteiger partial charge in [-0.1, -0.05) is 18.2 Å². The maximum atomic E-state index is 5.21. The minimum Gasteiger partial charge on any atom is -0.380 e. The molecule has 0 spiro atoms. The first kappa shape index (κ1) is 13.6. The summed E-state index contributed by atoms with van der Waals surface area (Å²) >= 11 is 0. The molecule has 4 heteroatoms. The maximum absolute atomic E-state index is 5.21. The van der Waals surface area contributed by atoms with Crippen LogP contribution in [0.4, 0.5) is 5.69 Å². The highest BCUT2D eigenvalue weighted by Gasteiger charge is 2.05. The van der Waals surface area contributed by atoms with E-state index >= 15 is 0 Å². The number of para-hydroxylation sites is 1. The number of ether oxygens (including phenoxy) is 1. The molecule has 0 unspecified atom stereocenters. The highest BCUT2D eigenvalue weighted by Crippen LogP contribution is 2.17. The van der Waals surface area contributed by atoms with Crippen LogP contribution in [0.15, 0.2) is 30.3 Å². The summed E-state index contributed by atoms with van der Waals surface area (Å²) in [7, 11) is 1.71. The summed E-state index contributed by atoms with van der Waals surface area (Å²) in [5.41, 5.74) is 4.55. The van der Waals surface area contributed by atoms with E-state index in [0.29, 0.717) is 6.61 Å². The largest absolute Gasteiger partial charge is 0.380 e. The van der Waals surface area contributed by atoms with Crippen LogP contribution in [0.5, 0.6) is 0 Å². The number of methoxy groups -OCH3 is 1. The number of benzene rings is 1. The molecule has 0 atom stereocenters. The fourth-order valence-electron chi connectivity index (χ4n) is 2.18. The highest BCUT2D eigenvalue weighted by molar-refractivity contribution is 5.50. The molecule has 1 aromatic heterocycles. The summed E-state index contributed by atoms with van der Waals surface area (Å²) < 4.78 is 7.24. The minimum absolute atomic E-state index is 0.620. The van der Waals surface area contributed by atoms with Crippen LogP contribution >= 0.6 is 0 Å². The summed E-state index contributed by atoms with van der Waals surface area (Å²) in [6.07, 6.45) is 0. The van der Waals surface area contributed by atoms with Gasteiger partial charge in [0.15, 0.2) is 0 Å². The Balaban J connectivity index is 2.09. The number of rotatable bonds is 6. The molecule has 0 radical (unpaired) electrons. The number of nitrogens with zero attached hydrogens (tertiary/aromatic N) is 2. The van der Waals surface area contributed by atoms with Crippen molar-refractivity contribution in [2.24, 2.45) is 0 Å². The number of aryl methyl sites for hydroxylation is 2. The van der Waals surface area contributed by atoms with Gasteiger partial charge in [-0.15, -0.1) is 0 Å². The lowest BCUT2D eigenvalue weighted by Crippen LogP contribution is -2.09. The lowest BCUT2D eigenvalue weighted by Gasteiger charge is -2.12. The van der Waals surface area contributed by atoms with Crippen LogP contribution in [0.25, 0.3) is 0 Å². The lowest BCUT2D eigenvalue weighted by atomic mass is 10.2. The summed E-state index contributed by atoms with van der Waals surface area (Å²) in [6, 6.07) is 10.3. The summed E-state index contributed by atoms with van der Waals surface area (Å²) in [5.74, 6) is 0. The van der Waals surface area contributed by atoms with E-state index in [9.17, 15) is 0 Å². The van der Waals surface area contributed by atoms with E-state index in [1.807, 2.05) is 23.7 Å². The monoisotopic (exact) mass is 259 g/mol. The predicted molar refractivity (Wildman–Crippen MR) is 77.1 cm³/mol. The van der Waals surface area contributed by atoms with Gasteiger partial charge in [0, 0.05) is 24.9 Å². The molecule has 2 rings (SSSR count). The Labute approximate surface area is 114 Å². The highest BCUT2D eigenvalue weighted by atomic mass is 16.5. The van der Waals surface area contributed by atoms with Crippen molar-refractivity contribution < 1.29 is 4.74 Å². The second-order valence-corrected chi connectivity index (χ2v) is 4.54. The second-order valence-electron chi connectivity index (χ2n) is 4.54. The number of nitrogens with one attached hydrogen (secondary N) is 1. The fourth-order valence-corrected chi connectivity index (χ4v) is 2.18. The summed E-state index contributed by atoms with van der Waals surface area (Å²) in [6.45, 7) is 6.42. The van der Waals surface area contributed by atoms with E-state index in [-0.39, 0.29) is 0 Å². The van der Waals surface area contributed by atoms with Gasteiger partial charge in [0.1, 0.15) is 0 Å². The van der Waals surface area contributed by atoms with Crippen LogP contribution in [0.1, 0.15) is 23.9 Å². The van der Waals surface area contributed by atoms with Crippen LogP contribution in [0, 0.1) is 6.92 Å². The Hall–Kier alpha value is -1.81. The third-order valence-corrected chi connectivity index (χ3v) is 3.06. The minimum atomic E-state index is 0.620. The van der Waals surface area contributed by atoms with Crippen LogP contribution in [0.2, 0.25) is 0 Å². The summed E-state index contributed by atoms with van der Waals surface area (Å²) in [5, 5.41) is 7.91. The normalized spacial score (nSPS) is 10.7. The zero-order valence-electron chi connectivity index (χ0n) is 11.8. The van der Waals surface area contributed by atoms with Crippen molar-refractivity contribution >= 4 is 5.69 Å². The van der Waals surface area contributed by atoms with Crippen molar-refractivity contribution in [3.05, 3.63) is 47.3 Å². The molecule has 0 amide bonds. The van der Waals surface area contributed by atoms with E-state index < -0.39 is 0 Å². The van der Waals surface area contributed by atoms with Crippen molar-refractivity contribution in [2.45, 2.75) is 33.5 Å². The molecular formula is C15H21N3O. The van der Waals surface area contributed by atoms with Gasteiger partial charge in [-0.05, 0) is 26.0 Å². The molecule has 1 heterocycles. The molecule has 0 aliphatic rings. The fraction of sp³-hybridized carbons (Fsp3) is 0.400. The molecule has 19 heavy (non-hydrogen) atoms. The number of hydrogen-bond donors (Lipinski definition) is 1. The van der Waals surface area contributed by atoms with Crippen LogP contribution < -0.4 is 5.32 Å². The smallest absolute Gasteiger partial charge is 0.0733 e. The average Bonchev–Trinajstić information content (AvgIpc) is 2.78. The van der Waals surface area contributed by atoms with Crippen LogP contribution in [-0.2, 0) is 24.4 Å². The molecule has 0 saturated heterocycles. The SMILES string of the molecule is CCn1nc(C)cc1CNc1ccccc1COC. The van der Waals surface area contributed by atoms with E-state index in [0.717, 1.165) is 24.5 Å². The summed E-state index contributed by atoms with van der Waals surface area (Å²) in [4.78, 5) is 0. The number of aromatic nitrogens is 2. The van der Waals surface area contributed by atoms with Crippen molar-refractivity contribution in [2.75, 3.05) is 12.4 Å². The molecular weight excluding hydrogens is 238 g/mol. The molecule has 4 nitrogen and oxygen atoms in total. The first-order valence-corrected chi connectivity index (χ1v) is 6.58. The van der Waals surface area contributed by atoms with Crippen molar-refractivity contribution in [3.8, 4) is 0 Å². The van der Waals surface area contributed by atoms with Gasteiger partial charge in [-0.2, -0.15) is 5.10 Å². The zero-order chi connectivity index (χ0) is 13.7. The Kier molecular flexibility index (Phi) is 4.58. The quantitative estimate of drug-likeness (QED) is 0.867. The Bertz CT molecular complexity index is 534. The van der Waals surface area contributed by atoms with Crippen molar-refractivity contribution in [1.82, 2.24) is 9.78 Å². The molecule has 0 aliphatic heterocycles. The second kappa shape index (κ2) is 6.38. The van der Waals surface area contributed by atoms with Gasteiger partial charge in [0.05, 0.1) is 24.5 Å². The Morgan fingerprint density at radius 3 is 2.84 bits per heavy atom. The van der Waals surface area contributed by atoms with Gasteiger partial charge in [0.25, 0.3) is 0 Å². The lowest BCUT2D eigenvalue weighted by molar-refractivity contribution is 0.185. The molecule has 0 fully saturated rings. The Morgan fingerprint density at radius 2 is 2.11 bits per heavy atom. The number of anilines is 1. The maximum Gasteiger partial charge on any atom is 0.0733 e. The first-order chi connectivity index (χ1) is 9.24.